The number of carbonyl (C=O) groups is 1. The van der Waals surface area contributed by atoms with E-state index in [-0.39, 0.29) is 11.7 Å². The first-order valence-electron chi connectivity index (χ1n) is 13.4. The van der Waals surface area contributed by atoms with Crippen LogP contribution in [0.25, 0.3) is 39.4 Å². The van der Waals surface area contributed by atoms with Crippen molar-refractivity contribution in [3.05, 3.63) is 95.7 Å². The third kappa shape index (κ3) is 4.82. The molecule has 1 saturated carbocycles. The Morgan fingerprint density at radius 2 is 1.74 bits per heavy atom. The molecule has 6 rings (SSSR count). The van der Waals surface area contributed by atoms with Crippen molar-refractivity contribution in [1.82, 2.24) is 14.5 Å². The van der Waals surface area contributed by atoms with Crippen LogP contribution in [0.15, 0.2) is 71.3 Å². The number of benzene rings is 3. The van der Waals surface area contributed by atoms with Crippen LogP contribution < -0.4 is 10.5 Å². The molecule has 0 saturated heterocycles. The Bertz CT molecular complexity index is 1840. The topological polar surface area (TPSA) is 96.2 Å². The number of nitrogens with zero attached hydrogens (tertiary/aromatic N) is 3. The van der Waals surface area contributed by atoms with Crippen molar-refractivity contribution in [3.63, 3.8) is 0 Å². The molecule has 1 aliphatic carbocycles. The van der Waals surface area contributed by atoms with Crippen molar-refractivity contribution in [3.8, 4) is 45.1 Å². The van der Waals surface area contributed by atoms with Gasteiger partial charge in [-0.1, -0.05) is 30.3 Å². The number of primary amides is 1. The largest absolute Gasteiger partial charge is 0.440 e. The zero-order valence-corrected chi connectivity index (χ0v) is 23.1. The lowest BCUT2D eigenvalue weighted by atomic mass is 9.91. The molecule has 10 heteroatoms. The van der Waals surface area contributed by atoms with Gasteiger partial charge in [-0.15, -0.1) is 0 Å². The van der Waals surface area contributed by atoms with Crippen molar-refractivity contribution >= 4 is 5.91 Å². The molecule has 5 aromatic rings. The third-order valence-electron chi connectivity index (χ3n) is 7.63. The summed E-state index contributed by atoms with van der Waals surface area (Å²) in [6.07, 6.45) is 3.34. The van der Waals surface area contributed by atoms with E-state index in [9.17, 15) is 18.0 Å². The lowest BCUT2D eigenvalue weighted by Gasteiger charge is -2.16. The van der Waals surface area contributed by atoms with Gasteiger partial charge in [0.25, 0.3) is 0 Å². The number of aryl methyl sites for hydroxylation is 3. The molecule has 0 spiro atoms. The highest BCUT2D eigenvalue weighted by molar-refractivity contribution is 5.91. The van der Waals surface area contributed by atoms with E-state index in [1.807, 2.05) is 67.1 Å². The summed E-state index contributed by atoms with van der Waals surface area (Å²) in [6, 6.07) is 17.3. The van der Waals surface area contributed by atoms with Crippen molar-refractivity contribution in [2.75, 3.05) is 0 Å². The summed E-state index contributed by atoms with van der Waals surface area (Å²) in [5.74, 6) is -0.501. The fraction of sp³-hybridized carbons (Fsp3) is 0.219. The first-order valence-corrected chi connectivity index (χ1v) is 13.4. The first-order chi connectivity index (χ1) is 20.1. The molecule has 0 unspecified atom stereocenters. The summed E-state index contributed by atoms with van der Waals surface area (Å²) in [6.45, 7) is 2.30. The first kappa shape index (κ1) is 27.3. The molecule has 2 aromatic heterocycles. The molecule has 0 radical (unpaired) electrons. The monoisotopic (exact) mass is 572 g/mol. The summed E-state index contributed by atoms with van der Waals surface area (Å²) in [4.78, 5) is 21.4. The van der Waals surface area contributed by atoms with Crippen LogP contribution in [0.3, 0.4) is 0 Å². The Kier molecular flexibility index (Phi) is 6.64. The van der Waals surface area contributed by atoms with Crippen molar-refractivity contribution < 1.29 is 27.1 Å². The summed E-state index contributed by atoms with van der Waals surface area (Å²) >= 11 is 0. The van der Waals surface area contributed by atoms with Crippen molar-refractivity contribution in [2.45, 2.75) is 45.6 Å². The van der Waals surface area contributed by atoms with E-state index in [2.05, 4.69) is 14.7 Å². The number of ether oxygens (including phenoxy) is 1. The maximum absolute atomic E-state index is 14.8. The number of rotatable bonds is 8. The SMILES string of the molecule is Cc1cn(-c2ccc(-c3cccc(C4(C(N)=O)CC4)c3)cc2-c2nc(C)oc2-c2ccc(OC(F)F)c(F)c2)c(C)n1. The number of imidazole rings is 1. The highest BCUT2D eigenvalue weighted by atomic mass is 19.3. The van der Waals surface area contributed by atoms with Gasteiger partial charge in [0.1, 0.15) is 11.5 Å². The minimum absolute atomic E-state index is 0.266. The van der Waals surface area contributed by atoms with Gasteiger partial charge in [-0.05, 0) is 73.7 Å². The van der Waals surface area contributed by atoms with E-state index in [1.165, 1.54) is 6.07 Å². The van der Waals surface area contributed by atoms with Crippen LogP contribution in [0.1, 0.15) is 35.8 Å². The average Bonchev–Trinajstić information content (AvgIpc) is 3.58. The fourth-order valence-electron chi connectivity index (χ4n) is 5.42. The minimum Gasteiger partial charge on any atom is -0.440 e. The molecule has 0 atom stereocenters. The molecule has 1 fully saturated rings. The minimum atomic E-state index is -3.16. The van der Waals surface area contributed by atoms with E-state index in [0.717, 1.165) is 46.0 Å². The molecule has 7 nitrogen and oxygen atoms in total. The van der Waals surface area contributed by atoms with Gasteiger partial charge >= 0.3 is 6.61 Å². The predicted octanol–water partition coefficient (Wildman–Crippen LogP) is 7.04. The molecule has 0 bridgehead atoms. The van der Waals surface area contributed by atoms with Gasteiger partial charge in [0, 0.05) is 24.2 Å². The van der Waals surface area contributed by atoms with Crippen LogP contribution in [0.5, 0.6) is 5.75 Å². The Morgan fingerprint density at radius 1 is 1.00 bits per heavy atom. The van der Waals surface area contributed by atoms with Gasteiger partial charge in [0.2, 0.25) is 5.91 Å². The smallest absolute Gasteiger partial charge is 0.387 e. The van der Waals surface area contributed by atoms with Crippen LogP contribution in [-0.2, 0) is 10.2 Å². The standard InChI is InChI=1S/C32H27F3N4O3/c1-17-16-39(18(2)37-17)26-9-7-21(20-5-4-6-23(13-20)32(11-12-32)30(36)40)14-24(26)28-29(41-19(3)38-28)22-8-10-27(25(33)15-22)42-31(34)35/h4-10,13-16,31H,11-12H2,1-3H3,(H2,36,40). The van der Waals surface area contributed by atoms with E-state index < -0.39 is 23.6 Å². The number of alkyl halides is 2. The molecular formula is C32H27F3N4O3. The molecule has 1 amide bonds. The number of carbonyl (C=O) groups excluding carboxylic acids is 1. The van der Waals surface area contributed by atoms with Gasteiger partial charge in [-0.3, -0.25) is 4.79 Å². The normalized spacial score (nSPS) is 13.9. The maximum Gasteiger partial charge on any atom is 0.387 e. The Morgan fingerprint density at radius 3 is 2.38 bits per heavy atom. The molecule has 2 N–H and O–H groups in total. The van der Waals surface area contributed by atoms with Crippen LogP contribution in [-0.4, -0.2) is 27.1 Å². The summed E-state index contributed by atoms with van der Waals surface area (Å²) in [7, 11) is 0. The number of oxazole rings is 1. The second-order valence-electron chi connectivity index (χ2n) is 10.5. The number of nitrogens with two attached hydrogens (primary N) is 1. The third-order valence-corrected chi connectivity index (χ3v) is 7.63. The molecule has 214 valence electrons. The van der Waals surface area contributed by atoms with E-state index in [4.69, 9.17) is 10.2 Å². The maximum atomic E-state index is 14.8. The zero-order chi connectivity index (χ0) is 29.8. The summed E-state index contributed by atoms with van der Waals surface area (Å²) < 4.78 is 52.4. The Labute approximate surface area is 239 Å². The predicted molar refractivity (Wildman–Crippen MR) is 151 cm³/mol. The molecule has 1 aliphatic rings. The van der Waals surface area contributed by atoms with Crippen LogP contribution >= 0.6 is 0 Å². The molecular weight excluding hydrogens is 545 g/mol. The lowest BCUT2D eigenvalue weighted by Crippen LogP contribution is -2.28. The van der Waals surface area contributed by atoms with Gasteiger partial charge < -0.3 is 19.5 Å². The van der Waals surface area contributed by atoms with Crippen molar-refractivity contribution in [1.29, 1.82) is 0 Å². The molecule has 0 aliphatic heterocycles. The van der Waals surface area contributed by atoms with Gasteiger partial charge in [-0.2, -0.15) is 8.78 Å². The summed E-state index contributed by atoms with van der Waals surface area (Å²) in [5.41, 5.74) is 10.7. The van der Waals surface area contributed by atoms with Crippen LogP contribution in [0.2, 0.25) is 0 Å². The Balaban J connectivity index is 1.52. The van der Waals surface area contributed by atoms with E-state index in [0.29, 0.717) is 35.6 Å². The Hall–Kier alpha value is -4.86. The number of hydrogen-bond donors (Lipinski definition) is 1. The van der Waals surface area contributed by atoms with E-state index in [1.54, 1.807) is 6.92 Å². The average molecular weight is 573 g/mol. The second-order valence-corrected chi connectivity index (χ2v) is 10.5. The van der Waals surface area contributed by atoms with Gasteiger partial charge in [0.15, 0.2) is 23.2 Å². The fourth-order valence-corrected chi connectivity index (χ4v) is 5.42. The highest BCUT2D eigenvalue weighted by Crippen LogP contribution is 2.49. The quantitative estimate of drug-likeness (QED) is 0.215. The second kappa shape index (κ2) is 10.2. The van der Waals surface area contributed by atoms with Gasteiger partial charge in [-0.25, -0.2) is 14.4 Å². The molecule has 3 aromatic carbocycles. The lowest BCUT2D eigenvalue weighted by molar-refractivity contribution is -0.120. The number of hydrogen-bond acceptors (Lipinski definition) is 5. The molecule has 42 heavy (non-hydrogen) atoms. The summed E-state index contributed by atoms with van der Waals surface area (Å²) in [5, 5.41) is 0. The highest BCUT2D eigenvalue weighted by Gasteiger charge is 2.50. The number of halogens is 3. The van der Waals surface area contributed by atoms with Gasteiger partial charge in [0.05, 0.1) is 16.8 Å². The van der Waals surface area contributed by atoms with Crippen LogP contribution in [0.4, 0.5) is 13.2 Å². The molecule has 2 heterocycles. The van der Waals surface area contributed by atoms with Crippen molar-refractivity contribution in [2.24, 2.45) is 5.73 Å². The zero-order valence-electron chi connectivity index (χ0n) is 23.1. The van der Waals surface area contributed by atoms with E-state index >= 15 is 0 Å². The number of aromatic nitrogens is 3. The van der Waals surface area contributed by atoms with Crippen LogP contribution in [0, 0.1) is 26.6 Å². The number of amides is 1.